The van der Waals surface area contributed by atoms with E-state index in [4.69, 9.17) is 9.47 Å². The minimum atomic E-state index is -0.959. The maximum atomic E-state index is 11.6. The Morgan fingerprint density at radius 1 is 1.64 bits per heavy atom. The van der Waals surface area contributed by atoms with E-state index in [-0.39, 0.29) is 5.92 Å². The molecule has 2 unspecified atom stereocenters. The Bertz CT molecular complexity index is 307. The molecule has 2 fully saturated rings. The van der Waals surface area contributed by atoms with Crippen LogP contribution >= 0.6 is 0 Å². The molecule has 0 radical (unpaired) electrons. The van der Waals surface area contributed by atoms with Crippen LogP contribution in [0.4, 0.5) is 0 Å². The molecule has 14 heavy (non-hydrogen) atoms. The maximum Gasteiger partial charge on any atom is 0.324 e. The van der Waals surface area contributed by atoms with E-state index in [1.54, 1.807) is 6.92 Å². The summed E-state index contributed by atoms with van der Waals surface area (Å²) < 4.78 is 10.0. The van der Waals surface area contributed by atoms with Gasteiger partial charge in [0.1, 0.15) is 5.60 Å². The molecule has 2 aliphatic rings. The Morgan fingerprint density at radius 3 is 2.64 bits per heavy atom. The summed E-state index contributed by atoms with van der Waals surface area (Å²) >= 11 is 0. The molecule has 4 heteroatoms. The first kappa shape index (κ1) is 9.49. The highest BCUT2D eigenvalue weighted by molar-refractivity contribution is 6.06. The summed E-state index contributed by atoms with van der Waals surface area (Å²) in [5.41, 5.74) is -1.47. The van der Waals surface area contributed by atoms with Crippen LogP contribution in [0, 0.1) is 11.3 Å². The standard InChI is InChI=1S/C10H14O4/c1-4-13-7(11)10-5-6(10)9(2,3)14-8(10)12/h6H,4-5H2,1-3H3. The van der Waals surface area contributed by atoms with E-state index in [9.17, 15) is 9.59 Å². The highest BCUT2D eigenvalue weighted by Crippen LogP contribution is 2.65. The quantitative estimate of drug-likeness (QED) is 0.488. The van der Waals surface area contributed by atoms with Crippen molar-refractivity contribution in [2.45, 2.75) is 32.8 Å². The molecule has 0 spiro atoms. The highest BCUT2D eigenvalue weighted by Gasteiger charge is 2.78. The molecule has 0 aromatic heterocycles. The van der Waals surface area contributed by atoms with E-state index >= 15 is 0 Å². The molecule has 1 heterocycles. The lowest BCUT2D eigenvalue weighted by Gasteiger charge is -2.18. The second-order valence-corrected chi connectivity index (χ2v) is 4.44. The Labute approximate surface area is 82.6 Å². The summed E-state index contributed by atoms with van der Waals surface area (Å²) in [6.45, 7) is 5.71. The summed E-state index contributed by atoms with van der Waals surface area (Å²) in [4.78, 5) is 23.1. The number of esters is 2. The molecule has 1 aliphatic carbocycles. The third-order valence-corrected chi connectivity index (χ3v) is 3.16. The van der Waals surface area contributed by atoms with Gasteiger partial charge in [-0.1, -0.05) is 0 Å². The van der Waals surface area contributed by atoms with Gasteiger partial charge in [0.2, 0.25) is 0 Å². The lowest BCUT2D eigenvalue weighted by Crippen LogP contribution is -2.27. The number of hydrogen-bond donors (Lipinski definition) is 0. The molecule has 0 bridgehead atoms. The monoisotopic (exact) mass is 198 g/mol. The largest absolute Gasteiger partial charge is 0.465 e. The first-order chi connectivity index (χ1) is 6.45. The van der Waals surface area contributed by atoms with Crippen molar-refractivity contribution in [2.24, 2.45) is 11.3 Å². The van der Waals surface area contributed by atoms with Gasteiger partial charge in [-0.25, -0.2) is 0 Å². The molecule has 0 aromatic rings. The molecule has 2 atom stereocenters. The molecule has 1 saturated carbocycles. The van der Waals surface area contributed by atoms with Gasteiger partial charge < -0.3 is 9.47 Å². The van der Waals surface area contributed by atoms with Crippen molar-refractivity contribution in [2.75, 3.05) is 6.61 Å². The van der Waals surface area contributed by atoms with E-state index < -0.39 is 23.0 Å². The fourth-order valence-corrected chi connectivity index (χ4v) is 2.30. The van der Waals surface area contributed by atoms with Crippen LogP contribution in [0.3, 0.4) is 0 Å². The highest BCUT2D eigenvalue weighted by atomic mass is 16.6. The van der Waals surface area contributed by atoms with E-state index in [0.29, 0.717) is 13.0 Å². The number of carbonyl (C=O) groups excluding carboxylic acids is 2. The van der Waals surface area contributed by atoms with Gasteiger partial charge in [-0.3, -0.25) is 9.59 Å². The minimum Gasteiger partial charge on any atom is -0.465 e. The zero-order valence-electron chi connectivity index (χ0n) is 8.62. The molecule has 0 amide bonds. The zero-order valence-corrected chi connectivity index (χ0v) is 8.62. The second kappa shape index (κ2) is 2.49. The first-order valence-electron chi connectivity index (χ1n) is 4.86. The van der Waals surface area contributed by atoms with Crippen molar-refractivity contribution in [3.8, 4) is 0 Å². The van der Waals surface area contributed by atoms with E-state index in [1.165, 1.54) is 0 Å². The fraction of sp³-hybridized carbons (Fsp3) is 0.800. The summed E-state index contributed by atoms with van der Waals surface area (Å²) in [5, 5.41) is 0. The molecule has 1 saturated heterocycles. The maximum absolute atomic E-state index is 11.6. The topological polar surface area (TPSA) is 52.6 Å². The number of ether oxygens (including phenoxy) is 2. The van der Waals surface area contributed by atoms with Gasteiger partial charge >= 0.3 is 11.9 Å². The van der Waals surface area contributed by atoms with Gasteiger partial charge in [0.25, 0.3) is 0 Å². The van der Waals surface area contributed by atoms with Gasteiger partial charge in [0, 0.05) is 5.92 Å². The molecule has 4 nitrogen and oxygen atoms in total. The average molecular weight is 198 g/mol. The first-order valence-corrected chi connectivity index (χ1v) is 4.86. The summed E-state index contributed by atoms with van der Waals surface area (Å²) in [5.74, 6) is -0.826. The number of carbonyl (C=O) groups is 2. The predicted octanol–water partition coefficient (Wildman–Crippen LogP) is 0.891. The van der Waals surface area contributed by atoms with E-state index in [2.05, 4.69) is 0 Å². The van der Waals surface area contributed by atoms with Crippen molar-refractivity contribution in [3.05, 3.63) is 0 Å². The molecule has 2 rings (SSSR count). The number of hydrogen-bond acceptors (Lipinski definition) is 4. The van der Waals surface area contributed by atoms with Crippen molar-refractivity contribution in [1.29, 1.82) is 0 Å². The van der Waals surface area contributed by atoms with Crippen LogP contribution in [-0.4, -0.2) is 24.1 Å². The van der Waals surface area contributed by atoms with Crippen molar-refractivity contribution >= 4 is 11.9 Å². The van der Waals surface area contributed by atoms with Crippen LogP contribution in [0.5, 0.6) is 0 Å². The molecule has 1 aliphatic heterocycles. The van der Waals surface area contributed by atoms with Crippen LogP contribution in [0.25, 0.3) is 0 Å². The Balaban J connectivity index is 2.22. The average Bonchev–Trinajstić information content (AvgIpc) is 2.75. The van der Waals surface area contributed by atoms with Crippen molar-refractivity contribution in [3.63, 3.8) is 0 Å². The number of fused-ring (bicyclic) bond motifs is 1. The SMILES string of the molecule is CCOC(=O)C12CC1C(C)(C)OC2=O. The number of cyclic esters (lactones) is 1. The van der Waals surface area contributed by atoms with Crippen molar-refractivity contribution < 1.29 is 19.1 Å². The van der Waals surface area contributed by atoms with Crippen LogP contribution in [-0.2, 0) is 19.1 Å². The molecule has 0 aromatic carbocycles. The second-order valence-electron chi connectivity index (χ2n) is 4.44. The zero-order chi connectivity index (χ0) is 10.6. The Morgan fingerprint density at radius 2 is 2.29 bits per heavy atom. The van der Waals surface area contributed by atoms with Crippen LogP contribution in [0.1, 0.15) is 27.2 Å². The summed E-state index contributed by atoms with van der Waals surface area (Å²) in [7, 11) is 0. The Hall–Kier alpha value is -1.06. The Kier molecular flexibility index (Phi) is 1.69. The molecular formula is C10H14O4. The lowest BCUT2D eigenvalue weighted by atomic mass is 9.98. The van der Waals surface area contributed by atoms with Gasteiger partial charge in [0.15, 0.2) is 5.41 Å². The molecule has 0 N–H and O–H groups in total. The van der Waals surface area contributed by atoms with Crippen molar-refractivity contribution in [1.82, 2.24) is 0 Å². The fourth-order valence-electron chi connectivity index (χ4n) is 2.30. The number of rotatable bonds is 2. The van der Waals surface area contributed by atoms with Gasteiger partial charge in [0.05, 0.1) is 6.61 Å². The normalized spacial score (nSPS) is 37.4. The summed E-state index contributed by atoms with van der Waals surface area (Å²) in [6.07, 6.45) is 0.581. The van der Waals surface area contributed by atoms with Gasteiger partial charge in [-0.2, -0.15) is 0 Å². The molecular weight excluding hydrogens is 184 g/mol. The van der Waals surface area contributed by atoms with Crippen LogP contribution in [0.2, 0.25) is 0 Å². The van der Waals surface area contributed by atoms with Gasteiger partial charge in [-0.15, -0.1) is 0 Å². The van der Waals surface area contributed by atoms with Crippen LogP contribution < -0.4 is 0 Å². The minimum absolute atomic E-state index is 0.00144. The van der Waals surface area contributed by atoms with Crippen LogP contribution in [0.15, 0.2) is 0 Å². The molecule has 78 valence electrons. The van der Waals surface area contributed by atoms with E-state index in [0.717, 1.165) is 0 Å². The van der Waals surface area contributed by atoms with E-state index in [1.807, 2.05) is 13.8 Å². The summed E-state index contributed by atoms with van der Waals surface area (Å²) in [6, 6.07) is 0. The predicted molar refractivity (Wildman–Crippen MR) is 47.3 cm³/mol. The third-order valence-electron chi connectivity index (χ3n) is 3.16. The third kappa shape index (κ3) is 0.938. The van der Waals surface area contributed by atoms with Gasteiger partial charge in [-0.05, 0) is 27.2 Å². The smallest absolute Gasteiger partial charge is 0.324 e. The lowest BCUT2D eigenvalue weighted by molar-refractivity contribution is -0.163.